The van der Waals surface area contributed by atoms with Gasteiger partial charge in [-0.1, -0.05) is 17.2 Å². The first-order chi connectivity index (χ1) is 10.3. The molecule has 0 aliphatic heterocycles. The number of aryl methyl sites for hydroxylation is 2. The highest BCUT2D eigenvalue weighted by Gasteiger charge is 2.12. The molecule has 2 N–H and O–H groups in total. The summed E-state index contributed by atoms with van der Waals surface area (Å²) < 4.78 is 25.5. The second kappa shape index (κ2) is 6.29. The zero-order chi connectivity index (χ0) is 16.3. The Morgan fingerprint density at radius 1 is 0.955 bits per heavy atom. The van der Waals surface area contributed by atoms with Gasteiger partial charge in [-0.3, -0.25) is 4.79 Å². The molecule has 0 radical (unpaired) electrons. The number of hydrogen-bond acceptors (Lipinski definition) is 3. The van der Waals surface area contributed by atoms with Gasteiger partial charge in [0.25, 0.3) is 5.91 Å². The van der Waals surface area contributed by atoms with Crippen LogP contribution in [0.5, 0.6) is 0 Å². The van der Waals surface area contributed by atoms with E-state index in [-0.39, 0.29) is 10.8 Å². The van der Waals surface area contributed by atoms with E-state index in [4.69, 9.17) is 0 Å². The lowest BCUT2D eigenvalue weighted by Gasteiger charge is -2.08. The molecule has 22 heavy (non-hydrogen) atoms. The minimum Gasteiger partial charge on any atom is -0.322 e. The van der Waals surface area contributed by atoms with Crippen LogP contribution in [0.2, 0.25) is 0 Å². The van der Waals surface area contributed by atoms with Gasteiger partial charge in [0.15, 0.2) is 0 Å². The topological polar surface area (TPSA) is 75.3 Å². The second-order valence-corrected chi connectivity index (χ2v) is 6.95. The summed E-state index contributed by atoms with van der Waals surface area (Å²) >= 11 is 0. The van der Waals surface area contributed by atoms with Crippen molar-refractivity contribution in [3.05, 3.63) is 59.2 Å². The van der Waals surface area contributed by atoms with Crippen LogP contribution >= 0.6 is 0 Å². The molecule has 0 unspecified atom stereocenters. The van der Waals surface area contributed by atoms with Gasteiger partial charge in [0.2, 0.25) is 10.0 Å². The van der Waals surface area contributed by atoms with Gasteiger partial charge in [0.1, 0.15) is 0 Å². The number of nitrogens with one attached hydrogen (secondary N) is 2. The van der Waals surface area contributed by atoms with Crippen molar-refractivity contribution in [2.75, 3.05) is 12.4 Å². The predicted octanol–water partition coefficient (Wildman–Crippen LogP) is 2.46. The molecule has 0 saturated carbocycles. The van der Waals surface area contributed by atoms with E-state index in [1.54, 1.807) is 12.1 Å². The molecule has 0 aliphatic rings. The molecule has 116 valence electrons. The lowest BCUT2D eigenvalue weighted by Crippen LogP contribution is -2.18. The summed E-state index contributed by atoms with van der Waals surface area (Å²) in [7, 11) is -2.12. The monoisotopic (exact) mass is 318 g/mol. The van der Waals surface area contributed by atoms with E-state index in [0.717, 1.165) is 11.1 Å². The molecule has 2 rings (SSSR count). The molecule has 2 aromatic carbocycles. The van der Waals surface area contributed by atoms with Gasteiger partial charge in [-0.15, -0.1) is 0 Å². The van der Waals surface area contributed by atoms with Crippen LogP contribution in [0.25, 0.3) is 0 Å². The Morgan fingerprint density at radius 2 is 1.50 bits per heavy atom. The maximum Gasteiger partial charge on any atom is 0.255 e. The number of carbonyl (C=O) groups is 1. The first kappa shape index (κ1) is 16.2. The van der Waals surface area contributed by atoms with Crippen LogP contribution < -0.4 is 10.0 Å². The molecule has 2 aromatic rings. The highest BCUT2D eigenvalue weighted by Crippen LogP contribution is 2.16. The molecule has 0 heterocycles. The van der Waals surface area contributed by atoms with Gasteiger partial charge in [-0.05, 0) is 57.3 Å². The molecule has 1 amide bonds. The summed E-state index contributed by atoms with van der Waals surface area (Å²) in [5.41, 5.74) is 3.14. The van der Waals surface area contributed by atoms with Gasteiger partial charge in [-0.25, -0.2) is 13.1 Å². The first-order valence-corrected chi connectivity index (χ1v) is 8.23. The summed E-state index contributed by atoms with van der Waals surface area (Å²) in [6.45, 7) is 3.86. The third kappa shape index (κ3) is 3.72. The standard InChI is InChI=1S/C16H18N2O3S/c1-11-8-12(2)10-13(9-11)16(19)18-14-4-6-15(7-5-14)22(20,21)17-3/h4-10,17H,1-3H3,(H,18,19). The molecular weight excluding hydrogens is 300 g/mol. The Balaban J connectivity index is 2.19. The summed E-state index contributed by atoms with van der Waals surface area (Å²) in [6, 6.07) is 11.6. The summed E-state index contributed by atoms with van der Waals surface area (Å²) in [4.78, 5) is 12.4. The number of rotatable bonds is 4. The highest BCUT2D eigenvalue weighted by molar-refractivity contribution is 7.89. The molecule has 0 saturated heterocycles. The molecular formula is C16H18N2O3S. The summed E-state index contributed by atoms with van der Waals surface area (Å²) in [5.74, 6) is -0.226. The number of amides is 1. The average molecular weight is 318 g/mol. The van der Waals surface area contributed by atoms with Gasteiger partial charge in [0.05, 0.1) is 4.90 Å². The van der Waals surface area contributed by atoms with Crippen molar-refractivity contribution < 1.29 is 13.2 Å². The quantitative estimate of drug-likeness (QED) is 0.909. The van der Waals surface area contributed by atoms with E-state index < -0.39 is 10.0 Å². The molecule has 5 nitrogen and oxygen atoms in total. The fourth-order valence-corrected chi connectivity index (χ4v) is 2.87. The fraction of sp³-hybridized carbons (Fsp3) is 0.188. The van der Waals surface area contributed by atoms with Crippen LogP contribution in [0.1, 0.15) is 21.5 Å². The van der Waals surface area contributed by atoms with E-state index in [1.807, 2.05) is 32.0 Å². The van der Waals surface area contributed by atoms with Crippen molar-refractivity contribution in [1.82, 2.24) is 4.72 Å². The van der Waals surface area contributed by atoms with E-state index in [1.165, 1.54) is 19.2 Å². The Bertz CT molecular complexity index is 776. The number of hydrogen-bond donors (Lipinski definition) is 2. The zero-order valence-electron chi connectivity index (χ0n) is 12.7. The van der Waals surface area contributed by atoms with Gasteiger partial charge < -0.3 is 5.32 Å². The molecule has 0 fully saturated rings. The Morgan fingerprint density at radius 3 is 2.00 bits per heavy atom. The smallest absolute Gasteiger partial charge is 0.255 e. The highest BCUT2D eigenvalue weighted by atomic mass is 32.2. The lowest BCUT2D eigenvalue weighted by atomic mass is 10.1. The number of carbonyl (C=O) groups excluding carboxylic acids is 1. The van der Waals surface area contributed by atoms with Crippen molar-refractivity contribution in [2.45, 2.75) is 18.7 Å². The van der Waals surface area contributed by atoms with Gasteiger partial charge >= 0.3 is 0 Å². The lowest BCUT2D eigenvalue weighted by molar-refractivity contribution is 0.102. The van der Waals surface area contributed by atoms with Crippen LogP contribution in [-0.2, 0) is 10.0 Å². The number of sulfonamides is 1. The van der Waals surface area contributed by atoms with Crippen LogP contribution in [0.3, 0.4) is 0 Å². The Kier molecular flexibility index (Phi) is 4.63. The van der Waals surface area contributed by atoms with Gasteiger partial charge in [0, 0.05) is 11.3 Å². The van der Waals surface area contributed by atoms with Crippen molar-refractivity contribution >= 4 is 21.6 Å². The minimum atomic E-state index is -3.47. The minimum absolute atomic E-state index is 0.152. The van der Waals surface area contributed by atoms with Crippen molar-refractivity contribution in [3.63, 3.8) is 0 Å². The molecule has 0 bridgehead atoms. The molecule has 0 aliphatic carbocycles. The van der Waals surface area contributed by atoms with Crippen molar-refractivity contribution in [1.29, 1.82) is 0 Å². The van der Waals surface area contributed by atoms with E-state index in [0.29, 0.717) is 11.3 Å². The maximum absolute atomic E-state index is 12.2. The first-order valence-electron chi connectivity index (χ1n) is 6.75. The fourth-order valence-electron chi connectivity index (χ4n) is 2.14. The second-order valence-electron chi connectivity index (χ2n) is 5.06. The normalized spacial score (nSPS) is 11.2. The SMILES string of the molecule is CNS(=O)(=O)c1ccc(NC(=O)c2cc(C)cc(C)c2)cc1. The van der Waals surface area contributed by atoms with Crippen LogP contribution in [-0.4, -0.2) is 21.4 Å². The molecule has 6 heteroatoms. The summed E-state index contributed by atoms with van der Waals surface area (Å²) in [5, 5.41) is 2.76. The van der Waals surface area contributed by atoms with E-state index in [9.17, 15) is 13.2 Å². The third-order valence-electron chi connectivity index (χ3n) is 3.18. The number of anilines is 1. The predicted molar refractivity (Wildman–Crippen MR) is 86.6 cm³/mol. The molecule has 0 atom stereocenters. The summed E-state index contributed by atoms with van der Waals surface area (Å²) in [6.07, 6.45) is 0. The zero-order valence-corrected chi connectivity index (χ0v) is 13.5. The van der Waals surface area contributed by atoms with E-state index >= 15 is 0 Å². The maximum atomic E-state index is 12.2. The van der Waals surface area contributed by atoms with Crippen molar-refractivity contribution in [3.8, 4) is 0 Å². The largest absolute Gasteiger partial charge is 0.322 e. The van der Waals surface area contributed by atoms with E-state index in [2.05, 4.69) is 10.0 Å². The van der Waals surface area contributed by atoms with Crippen LogP contribution in [0.4, 0.5) is 5.69 Å². The van der Waals surface area contributed by atoms with Crippen LogP contribution in [0, 0.1) is 13.8 Å². The van der Waals surface area contributed by atoms with Crippen molar-refractivity contribution in [2.24, 2.45) is 0 Å². The molecule has 0 spiro atoms. The molecule has 0 aromatic heterocycles. The van der Waals surface area contributed by atoms with Crippen LogP contribution in [0.15, 0.2) is 47.4 Å². The Hall–Kier alpha value is -2.18. The third-order valence-corrected chi connectivity index (χ3v) is 4.61. The average Bonchev–Trinajstić information content (AvgIpc) is 2.46. The van der Waals surface area contributed by atoms with Gasteiger partial charge in [-0.2, -0.15) is 0 Å². The number of benzene rings is 2. The Labute approximate surface area is 130 Å².